The summed E-state index contributed by atoms with van der Waals surface area (Å²) in [4.78, 5) is 8.66. The molecule has 3 rings (SSSR count). The van der Waals surface area contributed by atoms with Crippen LogP contribution in [0.3, 0.4) is 0 Å². The summed E-state index contributed by atoms with van der Waals surface area (Å²) in [5, 5.41) is 24.1. The van der Waals surface area contributed by atoms with Gasteiger partial charge >= 0.3 is 0 Å². The Morgan fingerprint density at radius 3 is 2.47 bits per heavy atom. The molecule has 0 fully saturated rings. The highest BCUT2D eigenvalue weighted by Crippen LogP contribution is 2.32. The molecule has 2 unspecified atom stereocenters. The number of anilines is 1. The first kappa shape index (κ1) is 25.8. The molecule has 1 aliphatic heterocycles. The highest BCUT2D eigenvalue weighted by atomic mass is 35.5. The molecule has 1 aromatic heterocycles. The quantitative estimate of drug-likeness (QED) is 0.210. The third-order valence-corrected chi connectivity index (χ3v) is 5.03. The van der Waals surface area contributed by atoms with Gasteiger partial charge in [-0.15, -0.1) is 0 Å². The molecule has 2 atom stereocenters. The molecule has 8 nitrogen and oxygen atoms in total. The summed E-state index contributed by atoms with van der Waals surface area (Å²) in [6.45, 7) is 2.79. The van der Waals surface area contributed by atoms with Gasteiger partial charge in [0, 0.05) is 54.8 Å². The van der Waals surface area contributed by atoms with E-state index in [1.54, 1.807) is 23.0 Å². The number of nitrogens with two attached hydrogens (primary N) is 1. The molecule has 1 aromatic carbocycles. The van der Waals surface area contributed by atoms with Crippen LogP contribution in [0.1, 0.15) is 38.2 Å². The standard InChI is InChI=1S/C19H22ClN5O.C4H11NO/c20-25-18(16-8-12-21-13-9-16)10-14-23-19(25,22-11-4-5-15-26)24-17-6-2-1-3-7-17;1-2-3-4(5)6/h1-3,6-10,12-14,22,24,26H,4-5,11,15H2;4,6H,2-3,5H2,1H3. The number of aromatic nitrogens is 1. The van der Waals surface area contributed by atoms with Crippen LogP contribution in [0.15, 0.2) is 65.9 Å². The van der Waals surface area contributed by atoms with Crippen LogP contribution in [0.4, 0.5) is 5.69 Å². The van der Waals surface area contributed by atoms with Crippen LogP contribution < -0.4 is 16.4 Å². The lowest BCUT2D eigenvalue weighted by Crippen LogP contribution is -2.60. The topological polar surface area (TPSA) is 119 Å². The molecule has 0 saturated heterocycles. The molecule has 0 saturated carbocycles. The lowest BCUT2D eigenvalue weighted by Gasteiger charge is -2.41. The average molecular weight is 461 g/mol. The maximum absolute atomic E-state index is 9.02. The van der Waals surface area contributed by atoms with Crippen molar-refractivity contribution < 1.29 is 10.2 Å². The Hall–Kier alpha value is -2.49. The zero-order valence-electron chi connectivity index (χ0n) is 18.4. The largest absolute Gasteiger partial charge is 0.396 e. The molecule has 0 radical (unpaired) electrons. The molecule has 174 valence electrons. The van der Waals surface area contributed by atoms with Crippen molar-refractivity contribution in [2.75, 3.05) is 18.5 Å². The number of pyridine rings is 1. The molecule has 1 aliphatic rings. The lowest BCUT2D eigenvalue weighted by atomic mass is 10.1. The average Bonchev–Trinajstić information content (AvgIpc) is 2.80. The Balaban J connectivity index is 0.000000534. The van der Waals surface area contributed by atoms with Crippen LogP contribution >= 0.6 is 11.8 Å². The van der Waals surface area contributed by atoms with Gasteiger partial charge in [0.05, 0.1) is 5.70 Å². The van der Waals surface area contributed by atoms with Gasteiger partial charge in [0.2, 0.25) is 0 Å². The van der Waals surface area contributed by atoms with Crippen LogP contribution in [-0.2, 0) is 0 Å². The second-order valence-electron chi connectivity index (χ2n) is 7.22. The van der Waals surface area contributed by atoms with Gasteiger partial charge < -0.3 is 21.3 Å². The fourth-order valence-corrected chi connectivity index (χ4v) is 3.30. The number of unbranched alkanes of at least 4 members (excludes halogenated alkanes) is 1. The van der Waals surface area contributed by atoms with E-state index in [9.17, 15) is 0 Å². The zero-order valence-corrected chi connectivity index (χ0v) is 19.1. The molecule has 6 N–H and O–H groups in total. The van der Waals surface area contributed by atoms with E-state index in [-0.39, 0.29) is 6.61 Å². The maximum Gasteiger partial charge on any atom is 0.282 e. The highest BCUT2D eigenvalue weighted by Gasteiger charge is 2.38. The number of nitrogens with one attached hydrogen (secondary N) is 2. The Labute approximate surface area is 194 Å². The van der Waals surface area contributed by atoms with Gasteiger partial charge in [-0.1, -0.05) is 31.5 Å². The minimum atomic E-state index is -1.04. The van der Waals surface area contributed by atoms with Crippen LogP contribution in [0.2, 0.25) is 0 Å². The first-order valence-corrected chi connectivity index (χ1v) is 11.1. The van der Waals surface area contributed by atoms with Crippen molar-refractivity contribution >= 4 is 29.4 Å². The number of rotatable bonds is 10. The third kappa shape index (κ3) is 7.89. The molecule has 2 aromatic rings. The lowest BCUT2D eigenvalue weighted by molar-refractivity contribution is 0.171. The number of hydrogen-bond donors (Lipinski definition) is 5. The van der Waals surface area contributed by atoms with E-state index < -0.39 is 12.1 Å². The van der Waals surface area contributed by atoms with Crippen LogP contribution in [0, 0.1) is 0 Å². The molecule has 2 heterocycles. The molecule has 0 spiro atoms. The monoisotopic (exact) mass is 460 g/mol. The van der Waals surface area contributed by atoms with Crippen LogP contribution in [0.25, 0.3) is 5.70 Å². The molecular weight excluding hydrogens is 428 g/mol. The first-order chi connectivity index (χ1) is 15.5. The Kier molecular flexibility index (Phi) is 11.1. The van der Waals surface area contributed by atoms with E-state index in [1.165, 1.54) is 0 Å². The molecule has 0 aliphatic carbocycles. The predicted octanol–water partition coefficient (Wildman–Crippen LogP) is 3.11. The summed E-state index contributed by atoms with van der Waals surface area (Å²) >= 11 is 6.76. The summed E-state index contributed by atoms with van der Waals surface area (Å²) in [5.41, 5.74) is 7.60. The number of aliphatic hydroxyl groups excluding tert-OH is 2. The zero-order chi connectivity index (χ0) is 23.2. The number of aliphatic hydroxyl groups is 2. The number of benzene rings is 1. The minimum absolute atomic E-state index is 0.164. The van der Waals surface area contributed by atoms with Crippen molar-refractivity contribution in [3.8, 4) is 0 Å². The van der Waals surface area contributed by atoms with E-state index in [0.29, 0.717) is 19.4 Å². The van der Waals surface area contributed by atoms with E-state index in [0.717, 1.165) is 29.8 Å². The summed E-state index contributed by atoms with van der Waals surface area (Å²) < 4.78 is 1.56. The Morgan fingerprint density at radius 2 is 1.88 bits per heavy atom. The van der Waals surface area contributed by atoms with E-state index in [4.69, 9.17) is 27.7 Å². The number of halogens is 1. The van der Waals surface area contributed by atoms with Gasteiger partial charge in [-0.2, -0.15) is 0 Å². The van der Waals surface area contributed by atoms with E-state index in [2.05, 4.69) is 20.6 Å². The van der Waals surface area contributed by atoms with Gasteiger partial charge in [-0.05, 0) is 49.6 Å². The third-order valence-electron chi connectivity index (χ3n) is 4.60. The van der Waals surface area contributed by atoms with Crippen molar-refractivity contribution in [3.05, 3.63) is 66.5 Å². The molecule has 32 heavy (non-hydrogen) atoms. The number of allylic oxidation sites excluding steroid dienone is 1. The van der Waals surface area contributed by atoms with Crippen molar-refractivity contribution in [1.82, 2.24) is 14.7 Å². The highest BCUT2D eigenvalue weighted by molar-refractivity contribution is 6.19. The minimum Gasteiger partial charge on any atom is -0.396 e. The molecular formula is C23H33ClN6O2. The van der Waals surface area contributed by atoms with Gasteiger partial charge in [-0.25, -0.2) is 9.41 Å². The predicted molar refractivity (Wildman–Crippen MR) is 131 cm³/mol. The maximum atomic E-state index is 9.02. The Bertz CT molecular complexity index is 835. The number of aliphatic imine (C=N–C) groups is 1. The number of nitrogens with zero attached hydrogens (tertiary/aromatic N) is 3. The molecule has 0 amide bonds. The first-order valence-electron chi connectivity index (χ1n) is 10.8. The van der Waals surface area contributed by atoms with Gasteiger partial charge in [-0.3, -0.25) is 10.3 Å². The SMILES string of the molecule is CCCC(N)O.OCCCCNC1(Nc2ccccc2)N=CC=C(c2ccncc2)N1Cl. The smallest absolute Gasteiger partial charge is 0.282 e. The van der Waals surface area contributed by atoms with Gasteiger partial charge in [0.15, 0.2) is 0 Å². The van der Waals surface area contributed by atoms with E-state index in [1.807, 2.05) is 55.5 Å². The van der Waals surface area contributed by atoms with Crippen molar-refractivity contribution in [3.63, 3.8) is 0 Å². The summed E-state index contributed by atoms with van der Waals surface area (Å²) in [6.07, 6.45) is 9.65. The van der Waals surface area contributed by atoms with Gasteiger partial charge in [0.25, 0.3) is 5.91 Å². The summed E-state index contributed by atoms with van der Waals surface area (Å²) in [7, 11) is 0. The summed E-state index contributed by atoms with van der Waals surface area (Å²) in [5.74, 6) is -1.04. The normalized spacial score (nSPS) is 18.4. The van der Waals surface area contributed by atoms with Gasteiger partial charge in [0.1, 0.15) is 6.23 Å². The van der Waals surface area contributed by atoms with Crippen LogP contribution in [-0.4, -0.2) is 51.1 Å². The number of hydrogen-bond acceptors (Lipinski definition) is 8. The number of para-hydroxylation sites is 1. The molecule has 0 bridgehead atoms. The summed E-state index contributed by atoms with van der Waals surface area (Å²) in [6, 6.07) is 13.6. The fourth-order valence-electron chi connectivity index (χ4n) is 3.00. The van der Waals surface area contributed by atoms with Crippen molar-refractivity contribution in [1.29, 1.82) is 0 Å². The second-order valence-corrected chi connectivity index (χ2v) is 7.56. The van der Waals surface area contributed by atoms with Crippen molar-refractivity contribution in [2.45, 2.75) is 44.7 Å². The fraction of sp³-hybridized carbons (Fsp3) is 0.391. The molecule has 9 heteroatoms. The Morgan fingerprint density at radius 1 is 1.16 bits per heavy atom. The van der Waals surface area contributed by atoms with E-state index >= 15 is 0 Å². The van der Waals surface area contributed by atoms with Crippen LogP contribution in [0.5, 0.6) is 0 Å². The van der Waals surface area contributed by atoms with Crippen molar-refractivity contribution in [2.24, 2.45) is 10.7 Å². The second kappa shape index (κ2) is 13.8.